The van der Waals surface area contributed by atoms with Gasteiger partial charge in [0.15, 0.2) is 5.76 Å². The van der Waals surface area contributed by atoms with E-state index in [0.717, 1.165) is 16.3 Å². The normalized spacial score (nSPS) is 12.2. The van der Waals surface area contributed by atoms with E-state index in [2.05, 4.69) is 21.2 Å². The van der Waals surface area contributed by atoms with Crippen LogP contribution >= 0.6 is 15.9 Å². The Hall–Kier alpha value is -1.60. The number of halogens is 1. The standard InChI is InChI=1S/C16H18BrNO4S/c1-16(2,11-4-6-12(17)7-5-11)10-18-15(19)13-8-9-14(22-13)23(3,20)21/h4-9H,10H2,1-3H3,(H,18,19). The van der Waals surface area contributed by atoms with Gasteiger partial charge in [-0.05, 0) is 29.8 Å². The summed E-state index contributed by atoms with van der Waals surface area (Å²) < 4.78 is 28.8. The van der Waals surface area contributed by atoms with Crippen molar-refractivity contribution in [3.8, 4) is 0 Å². The first-order valence-corrected chi connectivity index (χ1v) is 9.62. The molecular weight excluding hydrogens is 382 g/mol. The Morgan fingerprint density at radius 2 is 1.78 bits per heavy atom. The molecule has 1 aromatic heterocycles. The van der Waals surface area contributed by atoms with Crippen LogP contribution < -0.4 is 5.32 Å². The van der Waals surface area contributed by atoms with Gasteiger partial charge >= 0.3 is 0 Å². The number of carbonyl (C=O) groups is 1. The number of rotatable bonds is 5. The van der Waals surface area contributed by atoms with Crippen LogP contribution in [0.3, 0.4) is 0 Å². The van der Waals surface area contributed by atoms with Gasteiger partial charge in [-0.25, -0.2) is 8.42 Å². The Morgan fingerprint density at radius 3 is 2.30 bits per heavy atom. The van der Waals surface area contributed by atoms with E-state index in [1.165, 1.54) is 12.1 Å². The van der Waals surface area contributed by atoms with Gasteiger partial charge in [0.05, 0.1) is 0 Å². The van der Waals surface area contributed by atoms with Gasteiger partial charge in [-0.15, -0.1) is 0 Å². The average molecular weight is 400 g/mol. The van der Waals surface area contributed by atoms with Crippen LogP contribution in [0.5, 0.6) is 0 Å². The van der Waals surface area contributed by atoms with Crippen LogP contribution in [0.2, 0.25) is 0 Å². The lowest BCUT2D eigenvalue weighted by molar-refractivity contribution is 0.0912. The minimum absolute atomic E-state index is 0.0166. The molecule has 1 amide bonds. The van der Waals surface area contributed by atoms with Crippen LogP contribution in [-0.2, 0) is 15.3 Å². The van der Waals surface area contributed by atoms with Crippen molar-refractivity contribution >= 4 is 31.7 Å². The van der Waals surface area contributed by atoms with E-state index in [4.69, 9.17) is 4.42 Å². The molecule has 0 bridgehead atoms. The minimum atomic E-state index is -3.46. The predicted octanol–water partition coefficient (Wildman–Crippen LogP) is 3.15. The van der Waals surface area contributed by atoms with Gasteiger partial charge in [-0.1, -0.05) is 41.9 Å². The lowest BCUT2D eigenvalue weighted by Crippen LogP contribution is -2.36. The monoisotopic (exact) mass is 399 g/mol. The first-order valence-electron chi connectivity index (χ1n) is 6.94. The van der Waals surface area contributed by atoms with Crippen molar-refractivity contribution in [3.05, 3.63) is 52.2 Å². The average Bonchev–Trinajstić information content (AvgIpc) is 2.95. The molecule has 0 atom stereocenters. The molecule has 0 aliphatic carbocycles. The lowest BCUT2D eigenvalue weighted by atomic mass is 9.84. The quantitative estimate of drug-likeness (QED) is 0.837. The maximum Gasteiger partial charge on any atom is 0.287 e. The summed E-state index contributed by atoms with van der Waals surface area (Å²) in [4.78, 5) is 12.1. The van der Waals surface area contributed by atoms with Crippen LogP contribution in [0.4, 0.5) is 0 Å². The molecule has 124 valence electrons. The first-order chi connectivity index (χ1) is 10.6. The summed E-state index contributed by atoms with van der Waals surface area (Å²) in [6.45, 7) is 4.42. The van der Waals surface area contributed by atoms with Crippen LogP contribution in [-0.4, -0.2) is 27.1 Å². The summed E-state index contributed by atoms with van der Waals surface area (Å²) in [5.41, 5.74) is 0.806. The fourth-order valence-corrected chi connectivity index (χ4v) is 2.85. The van der Waals surface area contributed by atoms with E-state index in [1.54, 1.807) is 0 Å². The molecule has 0 saturated heterocycles. The van der Waals surface area contributed by atoms with E-state index in [9.17, 15) is 13.2 Å². The molecule has 0 aliphatic heterocycles. The molecule has 2 rings (SSSR count). The van der Waals surface area contributed by atoms with Crippen molar-refractivity contribution in [3.63, 3.8) is 0 Å². The zero-order valence-corrected chi connectivity index (χ0v) is 15.5. The molecule has 1 aromatic carbocycles. The predicted molar refractivity (Wildman–Crippen MR) is 91.3 cm³/mol. The van der Waals surface area contributed by atoms with Crippen molar-refractivity contribution in [1.82, 2.24) is 5.32 Å². The summed E-state index contributed by atoms with van der Waals surface area (Å²) >= 11 is 3.39. The zero-order valence-electron chi connectivity index (χ0n) is 13.1. The molecule has 0 spiro atoms. The molecule has 7 heteroatoms. The highest BCUT2D eigenvalue weighted by Crippen LogP contribution is 2.24. The topological polar surface area (TPSA) is 76.4 Å². The highest BCUT2D eigenvalue weighted by atomic mass is 79.9. The van der Waals surface area contributed by atoms with Crippen LogP contribution in [0.25, 0.3) is 0 Å². The van der Waals surface area contributed by atoms with Gasteiger partial charge in [0.25, 0.3) is 5.91 Å². The van der Waals surface area contributed by atoms with E-state index < -0.39 is 15.7 Å². The molecule has 0 aliphatic rings. The summed E-state index contributed by atoms with van der Waals surface area (Å²) in [6.07, 6.45) is 1.03. The molecule has 0 unspecified atom stereocenters. The smallest absolute Gasteiger partial charge is 0.287 e. The summed E-state index contributed by atoms with van der Waals surface area (Å²) in [7, 11) is -3.46. The Kier molecular flexibility index (Phi) is 5.01. The third kappa shape index (κ3) is 4.45. The SMILES string of the molecule is CC(C)(CNC(=O)c1ccc(S(C)(=O)=O)o1)c1ccc(Br)cc1. The van der Waals surface area contributed by atoms with Crippen molar-refractivity contribution in [2.24, 2.45) is 0 Å². The Balaban J connectivity index is 2.06. The molecule has 1 N–H and O–H groups in total. The largest absolute Gasteiger partial charge is 0.440 e. The van der Waals surface area contributed by atoms with Crippen molar-refractivity contribution in [2.45, 2.75) is 24.4 Å². The number of hydrogen-bond donors (Lipinski definition) is 1. The van der Waals surface area contributed by atoms with E-state index >= 15 is 0 Å². The van der Waals surface area contributed by atoms with Crippen molar-refractivity contribution in [2.75, 3.05) is 12.8 Å². The van der Waals surface area contributed by atoms with Gasteiger partial charge in [0.1, 0.15) is 0 Å². The van der Waals surface area contributed by atoms with Crippen molar-refractivity contribution in [1.29, 1.82) is 0 Å². The van der Waals surface area contributed by atoms with Gasteiger partial charge in [0, 0.05) is 22.7 Å². The maximum absolute atomic E-state index is 12.1. The molecule has 23 heavy (non-hydrogen) atoms. The number of benzene rings is 1. The number of carbonyl (C=O) groups excluding carboxylic acids is 1. The number of hydrogen-bond acceptors (Lipinski definition) is 4. The second-order valence-corrected chi connectivity index (χ2v) is 8.83. The molecular formula is C16H18BrNO4S. The molecule has 1 heterocycles. The number of nitrogens with one attached hydrogen (secondary N) is 1. The van der Waals surface area contributed by atoms with Crippen LogP contribution in [0.15, 0.2) is 50.4 Å². The van der Waals surface area contributed by atoms with Gasteiger partial charge in [-0.3, -0.25) is 4.79 Å². The number of furan rings is 1. The summed E-state index contributed by atoms with van der Waals surface area (Å²) in [5.74, 6) is -0.456. The van der Waals surface area contributed by atoms with E-state index in [1.807, 2.05) is 38.1 Å². The molecule has 5 nitrogen and oxygen atoms in total. The summed E-state index contributed by atoms with van der Waals surface area (Å²) in [5, 5.41) is 2.56. The van der Waals surface area contributed by atoms with E-state index in [-0.39, 0.29) is 16.3 Å². The lowest BCUT2D eigenvalue weighted by Gasteiger charge is -2.25. The minimum Gasteiger partial charge on any atom is -0.440 e. The summed E-state index contributed by atoms with van der Waals surface area (Å²) in [6, 6.07) is 10.5. The number of amides is 1. The molecule has 0 radical (unpaired) electrons. The van der Waals surface area contributed by atoms with Crippen molar-refractivity contribution < 1.29 is 17.6 Å². The maximum atomic E-state index is 12.1. The third-order valence-corrected chi connectivity index (χ3v) is 4.97. The van der Waals surface area contributed by atoms with E-state index in [0.29, 0.717) is 6.54 Å². The van der Waals surface area contributed by atoms with Gasteiger partial charge < -0.3 is 9.73 Å². The van der Waals surface area contributed by atoms with Crippen LogP contribution in [0.1, 0.15) is 30.0 Å². The Morgan fingerprint density at radius 1 is 1.17 bits per heavy atom. The van der Waals surface area contributed by atoms with Gasteiger partial charge in [0.2, 0.25) is 14.9 Å². The Bertz CT molecular complexity index is 807. The van der Waals surface area contributed by atoms with Crippen LogP contribution in [0, 0.1) is 0 Å². The van der Waals surface area contributed by atoms with Gasteiger partial charge in [-0.2, -0.15) is 0 Å². The fourth-order valence-electron chi connectivity index (χ4n) is 2.03. The molecule has 0 fully saturated rings. The second kappa shape index (κ2) is 6.49. The first kappa shape index (κ1) is 17.7. The zero-order chi connectivity index (χ0) is 17.3. The number of sulfone groups is 1. The highest BCUT2D eigenvalue weighted by molar-refractivity contribution is 9.10. The Labute approximate surface area is 144 Å². The highest BCUT2D eigenvalue weighted by Gasteiger charge is 2.23. The molecule has 2 aromatic rings. The fraction of sp³-hybridized carbons (Fsp3) is 0.312. The second-order valence-electron chi connectivity index (χ2n) is 5.96. The molecule has 0 saturated carbocycles. The third-order valence-electron chi connectivity index (χ3n) is 3.49.